The molecule has 0 bridgehead atoms. The van der Waals surface area contributed by atoms with Crippen molar-refractivity contribution in [2.24, 2.45) is 0 Å². The number of benzene rings is 3. The Morgan fingerprint density at radius 1 is 0.667 bits per heavy atom. The van der Waals surface area contributed by atoms with Crippen LogP contribution in [0.4, 0.5) is 5.82 Å². The minimum atomic E-state index is -0.607. The maximum atomic E-state index is 8.94. The Labute approximate surface area is 177 Å². The van der Waals surface area contributed by atoms with Crippen LogP contribution in [0.1, 0.15) is 28.8 Å². The average Bonchev–Trinajstić information content (AvgIpc) is 2.83. The highest BCUT2D eigenvalue weighted by Crippen LogP contribution is 2.39. The summed E-state index contributed by atoms with van der Waals surface area (Å²) in [6.07, 6.45) is 1.10. The summed E-state index contributed by atoms with van der Waals surface area (Å²) in [6, 6.07) is 39.5. The summed E-state index contributed by atoms with van der Waals surface area (Å²) in [4.78, 5) is 4.81. The molecule has 0 aliphatic carbocycles. The van der Waals surface area contributed by atoms with Gasteiger partial charge in [-0.05, 0) is 28.8 Å². The van der Waals surface area contributed by atoms with Gasteiger partial charge in [0.1, 0.15) is 11.4 Å². The molecule has 1 N–H and O–H groups in total. The molecule has 30 heavy (non-hydrogen) atoms. The van der Waals surface area contributed by atoms with Gasteiger partial charge in [-0.15, -0.1) is 0 Å². The fourth-order valence-electron chi connectivity index (χ4n) is 3.85. The molecule has 4 aromatic rings. The SMILES string of the molecule is N#CCCc1cccc(NC(c2ccccc2)(c2ccccc2)c2ccccc2)n1. The van der Waals surface area contributed by atoms with Gasteiger partial charge in [0.15, 0.2) is 0 Å². The fourth-order valence-corrected chi connectivity index (χ4v) is 3.85. The van der Waals surface area contributed by atoms with E-state index in [-0.39, 0.29) is 0 Å². The van der Waals surface area contributed by atoms with Crippen LogP contribution in [0.2, 0.25) is 0 Å². The van der Waals surface area contributed by atoms with Crippen LogP contribution in [0.15, 0.2) is 109 Å². The van der Waals surface area contributed by atoms with Crippen molar-refractivity contribution in [3.63, 3.8) is 0 Å². The van der Waals surface area contributed by atoms with Gasteiger partial charge in [0.2, 0.25) is 0 Å². The smallest absolute Gasteiger partial charge is 0.127 e. The summed E-state index contributed by atoms with van der Waals surface area (Å²) in [6.45, 7) is 0. The van der Waals surface area contributed by atoms with Gasteiger partial charge in [-0.25, -0.2) is 4.98 Å². The van der Waals surface area contributed by atoms with Crippen LogP contribution in [0.25, 0.3) is 0 Å². The Bertz CT molecular complexity index is 1020. The molecule has 1 heterocycles. The Morgan fingerprint density at radius 2 is 1.17 bits per heavy atom. The summed E-state index contributed by atoms with van der Waals surface area (Å²) >= 11 is 0. The Hall–Kier alpha value is -3.90. The van der Waals surface area contributed by atoms with Gasteiger partial charge < -0.3 is 5.32 Å². The van der Waals surface area contributed by atoms with Crippen LogP contribution in [-0.2, 0) is 12.0 Å². The van der Waals surface area contributed by atoms with Crippen molar-refractivity contribution in [2.75, 3.05) is 5.32 Å². The fraction of sp³-hybridized carbons (Fsp3) is 0.111. The van der Waals surface area contributed by atoms with Crippen LogP contribution >= 0.6 is 0 Å². The number of anilines is 1. The largest absolute Gasteiger partial charge is 0.353 e. The lowest BCUT2D eigenvalue weighted by Gasteiger charge is -2.37. The summed E-state index contributed by atoms with van der Waals surface area (Å²) < 4.78 is 0. The van der Waals surface area contributed by atoms with Gasteiger partial charge in [-0.3, -0.25) is 0 Å². The molecule has 0 unspecified atom stereocenters. The first kappa shape index (κ1) is 19.4. The quantitative estimate of drug-likeness (QED) is 0.398. The van der Waals surface area contributed by atoms with E-state index >= 15 is 0 Å². The Balaban J connectivity index is 1.91. The summed E-state index contributed by atoms with van der Waals surface area (Å²) in [5, 5.41) is 12.7. The standard InChI is InChI=1S/C27H23N3/c28-21-11-19-25-18-10-20-26(29-25)30-27(22-12-4-1-5-13-22,23-14-6-2-7-15-23)24-16-8-3-9-17-24/h1-10,12-18,20H,11,19H2,(H,29,30). The summed E-state index contributed by atoms with van der Waals surface area (Å²) in [7, 11) is 0. The number of nitrogens with zero attached hydrogens (tertiary/aromatic N) is 2. The van der Waals surface area contributed by atoms with Crippen molar-refractivity contribution in [2.45, 2.75) is 18.4 Å². The lowest BCUT2D eigenvalue weighted by atomic mass is 9.77. The molecule has 1 aromatic heterocycles. The normalized spacial score (nSPS) is 10.9. The number of pyridine rings is 1. The van der Waals surface area contributed by atoms with Crippen LogP contribution in [-0.4, -0.2) is 4.98 Å². The monoisotopic (exact) mass is 389 g/mol. The molecule has 0 radical (unpaired) electrons. The molecule has 0 saturated heterocycles. The van der Waals surface area contributed by atoms with E-state index in [1.54, 1.807) is 0 Å². The number of nitriles is 1. The van der Waals surface area contributed by atoms with Crippen molar-refractivity contribution in [1.29, 1.82) is 5.26 Å². The zero-order valence-electron chi connectivity index (χ0n) is 16.7. The molecular weight excluding hydrogens is 366 g/mol. The molecule has 0 aliphatic heterocycles. The van der Waals surface area contributed by atoms with Gasteiger partial charge in [0.25, 0.3) is 0 Å². The predicted molar refractivity (Wildman–Crippen MR) is 121 cm³/mol. The Kier molecular flexibility index (Phi) is 5.87. The van der Waals surface area contributed by atoms with E-state index < -0.39 is 5.54 Å². The van der Waals surface area contributed by atoms with Crippen molar-refractivity contribution < 1.29 is 0 Å². The molecular formula is C27H23N3. The number of rotatable bonds is 7. The Morgan fingerprint density at radius 3 is 1.63 bits per heavy atom. The first-order chi connectivity index (χ1) is 14.8. The van der Waals surface area contributed by atoms with Crippen LogP contribution in [0.5, 0.6) is 0 Å². The van der Waals surface area contributed by atoms with Crippen molar-refractivity contribution in [1.82, 2.24) is 4.98 Å². The second-order valence-corrected chi connectivity index (χ2v) is 7.15. The van der Waals surface area contributed by atoms with Gasteiger partial charge in [0, 0.05) is 18.5 Å². The van der Waals surface area contributed by atoms with Crippen LogP contribution in [0.3, 0.4) is 0 Å². The van der Waals surface area contributed by atoms with E-state index in [0.717, 1.165) is 28.2 Å². The van der Waals surface area contributed by atoms with Crippen molar-refractivity contribution in [3.8, 4) is 6.07 Å². The summed E-state index contributed by atoms with van der Waals surface area (Å²) in [5.41, 5.74) is 3.69. The lowest BCUT2D eigenvalue weighted by molar-refractivity contribution is 0.705. The van der Waals surface area contributed by atoms with E-state index in [4.69, 9.17) is 10.2 Å². The second kappa shape index (κ2) is 9.07. The molecule has 0 saturated carbocycles. The molecule has 3 aromatic carbocycles. The molecule has 0 spiro atoms. The highest BCUT2D eigenvalue weighted by molar-refractivity contribution is 5.58. The number of aromatic nitrogens is 1. The first-order valence-electron chi connectivity index (χ1n) is 10.1. The molecule has 0 atom stereocenters. The van der Waals surface area contributed by atoms with Crippen molar-refractivity contribution in [3.05, 3.63) is 132 Å². The third kappa shape index (κ3) is 3.94. The number of aryl methyl sites for hydroxylation is 1. The van der Waals surface area contributed by atoms with Crippen molar-refractivity contribution >= 4 is 5.82 Å². The highest BCUT2D eigenvalue weighted by Gasteiger charge is 2.36. The molecule has 4 rings (SSSR count). The zero-order chi connectivity index (χ0) is 20.7. The van der Waals surface area contributed by atoms with E-state index in [1.807, 2.05) is 36.4 Å². The van der Waals surface area contributed by atoms with E-state index in [9.17, 15) is 0 Å². The molecule has 0 amide bonds. The second-order valence-electron chi connectivity index (χ2n) is 7.15. The highest BCUT2D eigenvalue weighted by atomic mass is 15.1. The third-order valence-corrected chi connectivity index (χ3v) is 5.24. The van der Waals surface area contributed by atoms with E-state index in [1.165, 1.54) is 0 Å². The molecule has 3 nitrogen and oxygen atoms in total. The van der Waals surface area contributed by atoms with E-state index in [0.29, 0.717) is 12.8 Å². The van der Waals surface area contributed by atoms with Gasteiger partial charge >= 0.3 is 0 Å². The number of nitrogens with one attached hydrogen (secondary N) is 1. The van der Waals surface area contributed by atoms with Gasteiger partial charge in [-0.2, -0.15) is 5.26 Å². The zero-order valence-corrected chi connectivity index (χ0v) is 16.7. The maximum Gasteiger partial charge on any atom is 0.127 e. The minimum Gasteiger partial charge on any atom is -0.353 e. The van der Waals surface area contributed by atoms with Crippen LogP contribution in [0, 0.1) is 11.3 Å². The average molecular weight is 390 g/mol. The van der Waals surface area contributed by atoms with Gasteiger partial charge in [-0.1, -0.05) is 97.1 Å². The molecule has 0 fully saturated rings. The third-order valence-electron chi connectivity index (χ3n) is 5.24. The molecule has 146 valence electrons. The lowest BCUT2D eigenvalue weighted by Crippen LogP contribution is -2.38. The topological polar surface area (TPSA) is 48.7 Å². The predicted octanol–water partition coefficient (Wildman–Crippen LogP) is 5.94. The number of hydrogen-bond acceptors (Lipinski definition) is 3. The maximum absolute atomic E-state index is 8.94. The van der Waals surface area contributed by atoms with E-state index in [2.05, 4.69) is 84.2 Å². The van der Waals surface area contributed by atoms with Crippen LogP contribution < -0.4 is 5.32 Å². The molecule has 0 aliphatic rings. The number of hydrogen-bond donors (Lipinski definition) is 1. The summed E-state index contributed by atoms with van der Waals surface area (Å²) in [5.74, 6) is 0.780. The molecule has 3 heteroatoms. The first-order valence-corrected chi connectivity index (χ1v) is 10.1. The minimum absolute atomic E-state index is 0.456. The van der Waals surface area contributed by atoms with Gasteiger partial charge in [0.05, 0.1) is 6.07 Å².